The van der Waals surface area contributed by atoms with E-state index >= 15 is 0 Å². The third-order valence-electron chi connectivity index (χ3n) is 4.48. The normalized spacial score (nSPS) is 16.0. The smallest absolute Gasteiger partial charge is 0.136 e. The number of anilines is 1. The molecule has 0 saturated heterocycles. The molecule has 0 fully saturated rings. The molecule has 0 radical (unpaired) electrons. The van der Waals surface area contributed by atoms with Crippen molar-refractivity contribution in [2.45, 2.75) is 19.3 Å². The number of benzene rings is 2. The van der Waals surface area contributed by atoms with Crippen molar-refractivity contribution in [3.8, 4) is 11.3 Å². The van der Waals surface area contributed by atoms with Gasteiger partial charge in [-0.05, 0) is 61.2 Å². The lowest BCUT2D eigenvalue weighted by Gasteiger charge is -2.21. The van der Waals surface area contributed by atoms with E-state index in [9.17, 15) is 8.60 Å². The quantitative estimate of drug-likeness (QED) is 0.677. The van der Waals surface area contributed by atoms with Crippen LogP contribution in [0.15, 0.2) is 46.9 Å². The highest BCUT2D eigenvalue weighted by molar-refractivity contribution is 7.85. The molecule has 1 unspecified atom stereocenters. The fourth-order valence-corrected chi connectivity index (χ4v) is 4.10. The van der Waals surface area contributed by atoms with Crippen LogP contribution in [0.5, 0.6) is 0 Å². The van der Waals surface area contributed by atoms with Crippen LogP contribution in [-0.2, 0) is 17.4 Å². The van der Waals surface area contributed by atoms with Crippen molar-refractivity contribution in [1.29, 1.82) is 0 Å². The molecule has 1 atom stereocenters. The second kappa shape index (κ2) is 6.06. The highest BCUT2D eigenvalue weighted by Crippen LogP contribution is 2.35. The highest BCUT2D eigenvalue weighted by atomic mass is 32.2. The Morgan fingerprint density at radius 2 is 1.92 bits per heavy atom. The topological polar surface area (TPSA) is 33.5 Å². The van der Waals surface area contributed by atoms with Gasteiger partial charge in [-0.25, -0.2) is 8.60 Å². The van der Waals surface area contributed by atoms with E-state index in [2.05, 4.69) is 6.07 Å². The van der Waals surface area contributed by atoms with Crippen molar-refractivity contribution in [2.75, 3.05) is 17.1 Å². The first-order valence-corrected chi connectivity index (χ1v) is 9.57. The largest absolute Gasteiger partial charge is 0.456 e. The third kappa shape index (κ3) is 2.73. The van der Waals surface area contributed by atoms with Gasteiger partial charge in [-0.2, -0.15) is 0 Å². The summed E-state index contributed by atoms with van der Waals surface area (Å²) in [6.45, 7) is 0.799. The van der Waals surface area contributed by atoms with Crippen LogP contribution in [0.2, 0.25) is 0 Å². The lowest BCUT2D eigenvalue weighted by atomic mass is 10.1. The Kier molecular flexibility index (Phi) is 3.88. The number of fused-ring (bicyclic) bond motifs is 2. The summed E-state index contributed by atoms with van der Waals surface area (Å²) in [5, 5.41) is 1.02. The molecule has 1 aromatic heterocycles. The molecule has 5 heteroatoms. The number of hydrogen-bond acceptors (Lipinski definition) is 2. The van der Waals surface area contributed by atoms with Crippen LogP contribution < -0.4 is 4.31 Å². The molecular weight excluding hydrogens is 325 g/mol. The van der Waals surface area contributed by atoms with Gasteiger partial charge < -0.3 is 4.42 Å². The van der Waals surface area contributed by atoms with Crippen LogP contribution in [0.4, 0.5) is 10.1 Å². The molecule has 2 heterocycles. The molecule has 0 bridgehead atoms. The van der Waals surface area contributed by atoms with Crippen molar-refractivity contribution >= 4 is 27.6 Å². The summed E-state index contributed by atoms with van der Waals surface area (Å²) in [5.74, 6) is 0.456. The van der Waals surface area contributed by atoms with E-state index in [0.29, 0.717) is 5.76 Å². The second-order valence-electron chi connectivity index (χ2n) is 6.12. The van der Waals surface area contributed by atoms with Gasteiger partial charge in [-0.1, -0.05) is 0 Å². The molecule has 124 valence electrons. The Labute approximate surface area is 142 Å². The van der Waals surface area contributed by atoms with Crippen LogP contribution in [0.25, 0.3) is 22.3 Å². The lowest BCUT2D eigenvalue weighted by Crippen LogP contribution is -2.25. The van der Waals surface area contributed by atoms with E-state index in [-0.39, 0.29) is 5.82 Å². The molecule has 2 aromatic carbocycles. The Morgan fingerprint density at radius 3 is 2.67 bits per heavy atom. The summed E-state index contributed by atoms with van der Waals surface area (Å²) in [6.07, 6.45) is 4.83. The zero-order valence-corrected chi connectivity index (χ0v) is 14.2. The van der Waals surface area contributed by atoms with Gasteiger partial charge in [0.2, 0.25) is 0 Å². The maximum Gasteiger partial charge on any atom is 0.136 e. The third-order valence-corrected chi connectivity index (χ3v) is 5.48. The summed E-state index contributed by atoms with van der Waals surface area (Å²) in [7, 11) is -1.05. The van der Waals surface area contributed by atoms with Gasteiger partial charge in [-0.15, -0.1) is 0 Å². The molecule has 1 aliphatic heterocycles. The first-order valence-electron chi connectivity index (χ1n) is 8.05. The molecule has 0 N–H and O–H groups in total. The number of halogens is 1. The van der Waals surface area contributed by atoms with Crippen molar-refractivity contribution in [3.63, 3.8) is 0 Å². The minimum Gasteiger partial charge on any atom is -0.456 e. The van der Waals surface area contributed by atoms with Crippen LogP contribution >= 0.6 is 0 Å². The molecule has 0 saturated carbocycles. The monoisotopic (exact) mass is 343 g/mol. The number of hydrogen-bond donors (Lipinski definition) is 0. The number of nitrogens with zero attached hydrogens (tertiary/aromatic N) is 1. The zero-order chi connectivity index (χ0) is 16.7. The minimum absolute atomic E-state index is 0.261. The van der Waals surface area contributed by atoms with Crippen LogP contribution in [0.3, 0.4) is 0 Å². The van der Waals surface area contributed by atoms with Crippen molar-refractivity contribution in [3.05, 3.63) is 53.8 Å². The average molecular weight is 343 g/mol. The van der Waals surface area contributed by atoms with Gasteiger partial charge in [0, 0.05) is 29.8 Å². The second-order valence-corrected chi connectivity index (χ2v) is 7.41. The predicted octanol–water partition coefficient (Wildman–Crippen LogP) is 4.68. The molecular formula is C19H18FNO2S. The van der Waals surface area contributed by atoms with Gasteiger partial charge in [0.25, 0.3) is 0 Å². The number of aryl methyl sites for hydroxylation is 1. The van der Waals surface area contributed by atoms with Gasteiger partial charge >= 0.3 is 0 Å². The van der Waals surface area contributed by atoms with Crippen molar-refractivity contribution < 1.29 is 13.0 Å². The summed E-state index contributed by atoms with van der Waals surface area (Å²) in [6, 6.07) is 12.4. The van der Waals surface area contributed by atoms with Crippen LogP contribution in [0, 0.1) is 5.82 Å². The summed E-state index contributed by atoms with van der Waals surface area (Å²) in [4.78, 5) is 0. The van der Waals surface area contributed by atoms with E-state index in [0.717, 1.165) is 48.0 Å². The summed E-state index contributed by atoms with van der Waals surface area (Å²) < 4.78 is 33.1. The first kappa shape index (κ1) is 15.4. The lowest BCUT2D eigenvalue weighted by molar-refractivity contribution is 0.623. The average Bonchev–Trinajstić information content (AvgIpc) is 2.85. The fourth-order valence-electron chi connectivity index (χ4n) is 3.27. The summed E-state index contributed by atoms with van der Waals surface area (Å²) in [5.41, 5.74) is 3.83. The molecule has 0 spiro atoms. The van der Waals surface area contributed by atoms with E-state index in [4.69, 9.17) is 4.42 Å². The standard InChI is InChI=1S/C19H18FNO2S/c1-24(22)21-9-3-2-4-14-10-15-11-18(23-19(15)12-17(14)21)13-5-7-16(20)8-6-13/h5-8,10-12H,2-4,9H2,1H3. The van der Waals surface area contributed by atoms with E-state index < -0.39 is 11.0 Å². The molecule has 0 aliphatic carbocycles. The van der Waals surface area contributed by atoms with Gasteiger partial charge in [-0.3, -0.25) is 4.31 Å². The number of furan rings is 1. The maximum absolute atomic E-state index is 13.1. The van der Waals surface area contributed by atoms with Crippen molar-refractivity contribution in [1.82, 2.24) is 0 Å². The molecule has 3 aromatic rings. The summed E-state index contributed by atoms with van der Waals surface area (Å²) >= 11 is 0. The Bertz CT molecular complexity index is 917. The fraction of sp³-hybridized carbons (Fsp3) is 0.263. The van der Waals surface area contributed by atoms with Crippen LogP contribution in [-0.4, -0.2) is 17.0 Å². The zero-order valence-electron chi connectivity index (χ0n) is 13.4. The minimum atomic E-state index is -1.05. The molecule has 1 aliphatic rings. The Balaban J connectivity index is 1.83. The highest BCUT2D eigenvalue weighted by Gasteiger charge is 2.20. The van der Waals surface area contributed by atoms with Gasteiger partial charge in [0.1, 0.15) is 28.1 Å². The van der Waals surface area contributed by atoms with E-state index in [1.165, 1.54) is 17.7 Å². The SMILES string of the molecule is CS(=O)N1CCCCc2cc3cc(-c4ccc(F)cc4)oc3cc21. The predicted molar refractivity (Wildman–Crippen MR) is 96.0 cm³/mol. The van der Waals surface area contributed by atoms with E-state index in [1.807, 2.05) is 16.4 Å². The van der Waals surface area contributed by atoms with E-state index in [1.54, 1.807) is 18.4 Å². The Morgan fingerprint density at radius 1 is 1.12 bits per heavy atom. The van der Waals surface area contributed by atoms with Crippen LogP contribution in [0.1, 0.15) is 18.4 Å². The first-order chi connectivity index (χ1) is 11.6. The molecule has 24 heavy (non-hydrogen) atoms. The Hall–Kier alpha value is -2.14. The molecule has 3 nitrogen and oxygen atoms in total. The number of rotatable bonds is 2. The van der Waals surface area contributed by atoms with Gasteiger partial charge in [0.15, 0.2) is 0 Å². The van der Waals surface area contributed by atoms with Crippen molar-refractivity contribution in [2.24, 2.45) is 0 Å². The van der Waals surface area contributed by atoms with Gasteiger partial charge in [0.05, 0.1) is 5.69 Å². The molecule has 4 rings (SSSR count). The molecule has 0 amide bonds. The maximum atomic E-state index is 13.1.